The van der Waals surface area contributed by atoms with Crippen LogP contribution in [0.1, 0.15) is 16.7 Å². The van der Waals surface area contributed by atoms with Gasteiger partial charge in [0.2, 0.25) is 0 Å². The molecule has 144 valence electrons. The monoisotopic (exact) mass is 383 g/mol. The molecule has 0 atom stereocenters. The number of pyridine rings is 1. The van der Waals surface area contributed by atoms with Gasteiger partial charge in [0, 0.05) is 11.6 Å². The highest BCUT2D eigenvalue weighted by atomic mass is 16.5. The molecule has 0 unspecified atom stereocenters. The van der Waals surface area contributed by atoms with Gasteiger partial charge in [-0.2, -0.15) is 0 Å². The highest BCUT2D eigenvalue weighted by Gasteiger charge is 2.09. The molecule has 0 saturated carbocycles. The van der Waals surface area contributed by atoms with Gasteiger partial charge < -0.3 is 9.47 Å². The first-order valence-corrected chi connectivity index (χ1v) is 9.47. The number of carbonyl (C=O) groups is 1. The van der Waals surface area contributed by atoms with Crippen LogP contribution in [0.2, 0.25) is 0 Å². The van der Waals surface area contributed by atoms with Gasteiger partial charge in [-0.25, -0.2) is 0 Å². The lowest BCUT2D eigenvalue weighted by Gasteiger charge is -2.11. The van der Waals surface area contributed by atoms with Crippen molar-refractivity contribution in [1.82, 2.24) is 4.98 Å². The predicted octanol–water partition coefficient (Wildman–Crippen LogP) is 5.79. The number of hydrogen-bond acceptors (Lipinski definition) is 4. The van der Waals surface area contributed by atoms with E-state index in [1.54, 1.807) is 18.3 Å². The van der Waals surface area contributed by atoms with Crippen LogP contribution in [0.5, 0.6) is 17.2 Å². The Labute approximate surface area is 169 Å². The van der Waals surface area contributed by atoms with Crippen LogP contribution in [-0.2, 0) is 11.2 Å². The topological polar surface area (TPSA) is 48.4 Å². The molecular formula is C25H21NO3. The maximum Gasteiger partial charge on any atom is 0.315 e. The molecule has 4 nitrogen and oxygen atoms in total. The molecule has 0 aliphatic rings. The van der Waals surface area contributed by atoms with Crippen molar-refractivity contribution in [2.75, 3.05) is 0 Å². The first-order chi connectivity index (χ1) is 14.1. The van der Waals surface area contributed by atoms with Crippen molar-refractivity contribution >= 4 is 16.9 Å². The van der Waals surface area contributed by atoms with Crippen LogP contribution in [0.15, 0.2) is 79.0 Å². The lowest BCUT2D eigenvalue weighted by molar-refractivity contribution is -0.133. The maximum atomic E-state index is 12.1. The highest BCUT2D eigenvalue weighted by molar-refractivity contribution is 5.86. The number of carbonyl (C=O) groups excluding carboxylic acids is 1. The summed E-state index contributed by atoms with van der Waals surface area (Å²) in [6.45, 7) is 4.15. The number of hydrogen-bond donors (Lipinski definition) is 0. The van der Waals surface area contributed by atoms with E-state index in [-0.39, 0.29) is 12.4 Å². The lowest BCUT2D eigenvalue weighted by Crippen LogP contribution is -2.11. The summed E-state index contributed by atoms with van der Waals surface area (Å²) in [6.07, 6.45) is 1.95. The van der Waals surface area contributed by atoms with Crippen LogP contribution in [0, 0.1) is 13.8 Å². The standard InChI is InChI=1S/C25H21NO3/c1-17-14-22-23(15-18(17)2)26-13-12-24(22)28-21-10-8-19(9-11-21)16-25(27)29-20-6-4-3-5-7-20/h3-15H,16H2,1-2H3. The third-order valence-electron chi connectivity index (χ3n) is 4.79. The molecule has 0 amide bonds. The van der Waals surface area contributed by atoms with Gasteiger partial charge in [0.25, 0.3) is 0 Å². The number of benzene rings is 3. The van der Waals surface area contributed by atoms with Gasteiger partial charge >= 0.3 is 5.97 Å². The van der Waals surface area contributed by atoms with Crippen molar-refractivity contribution < 1.29 is 14.3 Å². The molecule has 4 heteroatoms. The Morgan fingerprint density at radius 1 is 0.862 bits per heavy atom. The Morgan fingerprint density at radius 3 is 2.34 bits per heavy atom. The third kappa shape index (κ3) is 4.43. The molecule has 0 bridgehead atoms. The number of nitrogens with zero attached hydrogens (tertiary/aromatic N) is 1. The number of aryl methyl sites for hydroxylation is 2. The van der Waals surface area contributed by atoms with E-state index in [0.29, 0.717) is 11.5 Å². The normalized spacial score (nSPS) is 10.7. The number of esters is 1. The van der Waals surface area contributed by atoms with Crippen LogP contribution in [0.4, 0.5) is 0 Å². The summed E-state index contributed by atoms with van der Waals surface area (Å²) in [7, 11) is 0. The van der Waals surface area contributed by atoms with Crippen LogP contribution in [0.3, 0.4) is 0 Å². The number of rotatable bonds is 5. The van der Waals surface area contributed by atoms with Crippen molar-refractivity contribution in [1.29, 1.82) is 0 Å². The van der Waals surface area contributed by atoms with Crippen LogP contribution < -0.4 is 9.47 Å². The summed E-state index contributed by atoms with van der Waals surface area (Å²) < 4.78 is 11.4. The second kappa shape index (κ2) is 8.15. The average Bonchev–Trinajstić information content (AvgIpc) is 2.71. The molecular weight excluding hydrogens is 362 g/mol. The minimum absolute atomic E-state index is 0.200. The quantitative estimate of drug-likeness (QED) is 0.323. The largest absolute Gasteiger partial charge is 0.457 e. The minimum atomic E-state index is -0.296. The molecule has 29 heavy (non-hydrogen) atoms. The lowest BCUT2D eigenvalue weighted by atomic mass is 10.1. The Morgan fingerprint density at radius 2 is 1.59 bits per heavy atom. The van der Waals surface area contributed by atoms with Crippen molar-refractivity contribution in [3.8, 4) is 17.2 Å². The van der Waals surface area contributed by atoms with E-state index in [4.69, 9.17) is 9.47 Å². The molecule has 1 heterocycles. The van der Waals surface area contributed by atoms with Gasteiger partial charge in [-0.05, 0) is 73.0 Å². The first-order valence-electron chi connectivity index (χ1n) is 9.47. The Bertz CT molecular complexity index is 1150. The number of ether oxygens (including phenoxy) is 2. The van der Waals surface area contributed by atoms with Gasteiger partial charge in [0.05, 0.1) is 11.9 Å². The van der Waals surface area contributed by atoms with Crippen LogP contribution >= 0.6 is 0 Å². The van der Waals surface area contributed by atoms with Gasteiger partial charge in [-0.1, -0.05) is 30.3 Å². The molecule has 0 aliphatic carbocycles. The predicted molar refractivity (Wildman–Crippen MR) is 114 cm³/mol. The van der Waals surface area contributed by atoms with Crippen molar-refractivity contribution in [2.24, 2.45) is 0 Å². The zero-order valence-electron chi connectivity index (χ0n) is 16.4. The summed E-state index contributed by atoms with van der Waals surface area (Å²) in [6, 6.07) is 22.6. The van der Waals surface area contributed by atoms with E-state index in [0.717, 1.165) is 22.2 Å². The summed E-state index contributed by atoms with van der Waals surface area (Å²) in [5.74, 6) is 1.72. The second-order valence-electron chi connectivity index (χ2n) is 6.97. The van der Waals surface area contributed by atoms with E-state index in [1.165, 1.54) is 11.1 Å². The van der Waals surface area contributed by atoms with E-state index in [2.05, 4.69) is 31.0 Å². The van der Waals surface area contributed by atoms with Crippen molar-refractivity contribution in [3.05, 3.63) is 95.7 Å². The van der Waals surface area contributed by atoms with E-state index < -0.39 is 0 Å². The van der Waals surface area contributed by atoms with Crippen LogP contribution in [-0.4, -0.2) is 11.0 Å². The Kier molecular flexibility index (Phi) is 5.25. The van der Waals surface area contributed by atoms with Gasteiger partial charge in [-0.15, -0.1) is 0 Å². The van der Waals surface area contributed by atoms with Crippen LogP contribution in [0.25, 0.3) is 10.9 Å². The number of fused-ring (bicyclic) bond motifs is 1. The van der Waals surface area contributed by atoms with Crippen molar-refractivity contribution in [2.45, 2.75) is 20.3 Å². The molecule has 4 rings (SSSR count). The van der Waals surface area contributed by atoms with E-state index >= 15 is 0 Å². The summed E-state index contributed by atoms with van der Waals surface area (Å²) in [5, 5.41) is 0.978. The molecule has 0 radical (unpaired) electrons. The third-order valence-corrected chi connectivity index (χ3v) is 4.79. The average molecular weight is 383 g/mol. The SMILES string of the molecule is Cc1cc2nccc(Oc3ccc(CC(=O)Oc4ccccc4)cc3)c2cc1C. The fourth-order valence-electron chi connectivity index (χ4n) is 3.09. The first kappa shape index (κ1) is 18.7. The summed E-state index contributed by atoms with van der Waals surface area (Å²) in [4.78, 5) is 16.5. The number of aromatic nitrogens is 1. The van der Waals surface area contributed by atoms with Gasteiger partial charge in [0.15, 0.2) is 0 Å². The minimum Gasteiger partial charge on any atom is -0.457 e. The fourth-order valence-corrected chi connectivity index (χ4v) is 3.09. The fraction of sp³-hybridized carbons (Fsp3) is 0.120. The zero-order valence-corrected chi connectivity index (χ0v) is 16.4. The molecule has 1 aromatic heterocycles. The molecule has 0 spiro atoms. The summed E-state index contributed by atoms with van der Waals surface area (Å²) in [5.41, 5.74) is 4.17. The van der Waals surface area contributed by atoms with E-state index in [1.807, 2.05) is 48.5 Å². The summed E-state index contributed by atoms with van der Waals surface area (Å²) >= 11 is 0. The van der Waals surface area contributed by atoms with Crippen molar-refractivity contribution in [3.63, 3.8) is 0 Å². The molecule has 0 N–H and O–H groups in total. The van der Waals surface area contributed by atoms with E-state index in [9.17, 15) is 4.79 Å². The molecule has 3 aromatic carbocycles. The highest BCUT2D eigenvalue weighted by Crippen LogP contribution is 2.30. The molecule has 0 fully saturated rings. The van der Waals surface area contributed by atoms with Gasteiger partial charge in [0.1, 0.15) is 17.2 Å². The Balaban J connectivity index is 1.47. The molecule has 0 saturated heterocycles. The van der Waals surface area contributed by atoms with Gasteiger partial charge in [-0.3, -0.25) is 9.78 Å². The second-order valence-corrected chi connectivity index (χ2v) is 6.97. The smallest absolute Gasteiger partial charge is 0.315 e. The molecule has 0 aliphatic heterocycles. The molecule has 4 aromatic rings. The Hall–Kier alpha value is -3.66. The maximum absolute atomic E-state index is 12.1. The number of para-hydroxylation sites is 1. The zero-order chi connectivity index (χ0) is 20.2.